The first-order chi connectivity index (χ1) is 16.8. The molecule has 1 heterocycles. The molecule has 11 heteroatoms. The summed E-state index contributed by atoms with van der Waals surface area (Å²) in [5, 5.41) is 24.3. The van der Waals surface area contributed by atoms with Gasteiger partial charge in [-0.15, -0.1) is 0 Å². The van der Waals surface area contributed by atoms with Gasteiger partial charge >= 0.3 is 0 Å². The van der Waals surface area contributed by atoms with Gasteiger partial charge in [0.25, 0.3) is 0 Å². The summed E-state index contributed by atoms with van der Waals surface area (Å²) in [5.74, 6) is -2.32. The standard InChI is InChI=1S/C24H30F3NO7/c1-12(7-14-8-16(27)17(9-15(14)26)32-6-2-5-25)24(31)28-18-19(29)22-23(35-11-34-22)20(30)21(18)33-10-13-3-4-13/h7-9,13,18-23,29-30H,2-6,10-11H2,1H3,(H,28,31)/b12-7+/t18-,19+,20+,21-,22-,23+/m0/s1. The normalized spacial score (nSPS) is 30.7. The average Bonchev–Trinajstić information content (AvgIpc) is 3.52. The number of fused-ring (bicyclic) bond motifs is 1. The molecule has 6 atom stereocenters. The Balaban J connectivity index is 1.48. The van der Waals surface area contributed by atoms with Crippen molar-refractivity contribution in [1.29, 1.82) is 0 Å². The summed E-state index contributed by atoms with van der Waals surface area (Å²) in [4.78, 5) is 12.9. The van der Waals surface area contributed by atoms with E-state index in [1.54, 1.807) is 0 Å². The summed E-state index contributed by atoms with van der Waals surface area (Å²) >= 11 is 0. The van der Waals surface area contributed by atoms with Crippen molar-refractivity contribution in [3.05, 3.63) is 34.9 Å². The Morgan fingerprint density at radius 2 is 1.89 bits per heavy atom. The van der Waals surface area contributed by atoms with E-state index in [9.17, 15) is 28.2 Å². The molecule has 1 aromatic rings. The lowest BCUT2D eigenvalue weighted by Crippen LogP contribution is -2.68. The summed E-state index contributed by atoms with van der Waals surface area (Å²) in [6.45, 7) is 0.940. The van der Waals surface area contributed by atoms with Gasteiger partial charge in [-0.3, -0.25) is 9.18 Å². The molecule has 0 bridgehead atoms. The number of ether oxygens (including phenoxy) is 4. The van der Waals surface area contributed by atoms with Gasteiger partial charge in [-0.05, 0) is 37.8 Å². The van der Waals surface area contributed by atoms with E-state index in [-0.39, 0.29) is 36.7 Å². The fourth-order valence-corrected chi connectivity index (χ4v) is 4.24. The average molecular weight is 501 g/mol. The first-order valence-electron chi connectivity index (χ1n) is 11.7. The second kappa shape index (κ2) is 11.3. The van der Waals surface area contributed by atoms with Crippen LogP contribution in [0.5, 0.6) is 5.75 Å². The van der Waals surface area contributed by atoms with Gasteiger partial charge in [-0.1, -0.05) is 0 Å². The Hall–Kier alpha value is -2.18. The molecule has 0 spiro atoms. The molecule has 8 nitrogen and oxygen atoms in total. The minimum absolute atomic E-state index is 0.0303. The van der Waals surface area contributed by atoms with E-state index in [4.69, 9.17) is 18.9 Å². The molecule has 2 saturated carbocycles. The summed E-state index contributed by atoms with van der Waals surface area (Å²) in [6.07, 6.45) is -1.72. The number of rotatable bonds is 10. The van der Waals surface area contributed by atoms with Gasteiger partial charge in [0.1, 0.15) is 43.1 Å². The summed E-state index contributed by atoms with van der Waals surface area (Å²) in [6, 6.07) is 0.701. The number of carbonyl (C=O) groups excluding carboxylic acids is 1. The van der Waals surface area contributed by atoms with Crippen LogP contribution in [0.4, 0.5) is 13.2 Å². The van der Waals surface area contributed by atoms with Crippen molar-refractivity contribution in [3.63, 3.8) is 0 Å². The highest BCUT2D eigenvalue weighted by Gasteiger charge is 2.54. The highest BCUT2D eigenvalue weighted by molar-refractivity contribution is 5.97. The molecule has 0 radical (unpaired) electrons. The highest BCUT2D eigenvalue weighted by atomic mass is 19.1. The topological polar surface area (TPSA) is 106 Å². The Morgan fingerprint density at radius 3 is 2.57 bits per heavy atom. The number of hydrogen-bond donors (Lipinski definition) is 3. The number of nitrogens with one attached hydrogen (secondary N) is 1. The first kappa shape index (κ1) is 25.9. The second-order valence-electron chi connectivity index (χ2n) is 9.12. The molecule has 1 aliphatic heterocycles. The summed E-state index contributed by atoms with van der Waals surface area (Å²) < 4.78 is 62.7. The summed E-state index contributed by atoms with van der Waals surface area (Å²) in [5.41, 5.74) is -0.158. The van der Waals surface area contributed by atoms with E-state index < -0.39 is 60.8 Å². The number of carbonyl (C=O) groups is 1. The van der Waals surface area contributed by atoms with Crippen LogP contribution in [0.15, 0.2) is 17.7 Å². The van der Waals surface area contributed by atoms with Crippen molar-refractivity contribution in [3.8, 4) is 5.75 Å². The zero-order chi connectivity index (χ0) is 25.1. The van der Waals surface area contributed by atoms with Gasteiger partial charge in [0.05, 0.1) is 25.9 Å². The molecule has 3 N–H and O–H groups in total. The van der Waals surface area contributed by atoms with Crippen LogP contribution in [0.25, 0.3) is 6.08 Å². The third-order valence-corrected chi connectivity index (χ3v) is 6.41. The first-order valence-corrected chi connectivity index (χ1v) is 11.7. The molecule has 2 aliphatic carbocycles. The number of alkyl halides is 1. The molecule has 0 aromatic heterocycles. The van der Waals surface area contributed by atoms with E-state index >= 15 is 0 Å². The van der Waals surface area contributed by atoms with Crippen LogP contribution >= 0.6 is 0 Å². The fraction of sp³-hybridized carbons (Fsp3) is 0.625. The maximum Gasteiger partial charge on any atom is 0.247 e. The Labute approximate surface area is 201 Å². The monoisotopic (exact) mass is 501 g/mol. The highest BCUT2D eigenvalue weighted by Crippen LogP contribution is 2.34. The van der Waals surface area contributed by atoms with E-state index in [0.29, 0.717) is 12.5 Å². The van der Waals surface area contributed by atoms with Gasteiger partial charge in [0, 0.05) is 23.6 Å². The maximum atomic E-state index is 14.5. The number of hydrogen-bond acceptors (Lipinski definition) is 7. The third-order valence-electron chi connectivity index (χ3n) is 6.41. The molecule has 35 heavy (non-hydrogen) atoms. The number of aliphatic hydroxyl groups excluding tert-OH is 2. The molecule has 4 rings (SSSR count). The van der Waals surface area contributed by atoms with Crippen molar-refractivity contribution in [2.24, 2.45) is 5.92 Å². The number of halogens is 3. The van der Waals surface area contributed by atoms with E-state index in [0.717, 1.165) is 31.1 Å². The van der Waals surface area contributed by atoms with Gasteiger partial charge in [0.2, 0.25) is 5.91 Å². The van der Waals surface area contributed by atoms with Gasteiger partial charge in [-0.2, -0.15) is 0 Å². The largest absolute Gasteiger partial charge is 0.490 e. The Bertz CT molecular complexity index is 942. The molecular formula is C24H30F3NO7. The zero-order valence-corrected chi connectivity index (χ0v) is 19.3. The van der Waals surface area contributed by atoms with Crippen molar-refractivity contribution >= 4 is 12.0 Å². The molecule has 3 aliphatic rings. The molecule has 194 valence electrons. The number of aliphatic hydroxyl groups is 2. The van der Waals surface area contributed by atoms with Crippen LogP contribution in [0.2, 0.25) is 0 Å². The van der Waals surface area contributed by atoms with Crippen molar-refractivity contribution in [2.45, 2.75) is 62.7 Å². The lowest BCUT2D eigenvalue weighted by atomic mass is 9.82. The van der Waals surface area contributed by atoms with Gasteiger partial charge < -0.3 is 34.5 Å². The molecule has 1 amide bonds. The smallest absolute Gasteiger partial charge is 0.247 e. The lowest BCUT2D eigenvalue weighted by molar-refractivity contribution is -0.172. The molecule has 1 saturated heterocycles. The van der Waals surface area contributed by atoms with Crippen molar-refractivity contribution in [1.82, 2.24) is 5.32 Å². The van der Waals surface area contributed by atoms with Crippen LogP contribution in [0.3, 0.4) is 0 Å². The number of amides is 1. The SMILES string of the molecule is C/C(=C\c1cc(F)c(OCCCF)cc1F)C(=O)N[C@H]1[C@@H](O)[C@@H]2OCO[C@@H]2[C@H](O)[C@H]1OCC1CC1. The van der Waals surface area contributed by atoms with Crippen molar-refractivity contribution < 1.29 is 47.1 Å². The third kappa shape index (κ3) is 5.97. The fourth-order valence-electron chi connectivity index (χ4n) is 4.24. The second-order valence-corrected chi connectivity index (χ2v) is 9.12. The molecular weight excluding hydrogens is 471 g/mol. The van der Waals surface area contributed by atoms with E-state index in [1.165, 1.54) is 6.92 Å². The van der Waals surface area contributed by atoms with Gasteiger partial charge in [-0.25, -0.2) is 8.78 Å². The van der Waals surface area contributed by atoms with Gasteiger partial charge in [0.15, 0.2) is 11.6 Å². The zero-order valence-electron chi connectivity index (χ0n) is 19.3. The van der Waals surface area contributed by atoms with E-state index in [2.05, 4.69) is 5.32 Å². The molecule has 0 unspecified atom stereocenters. The molecule has 3 fully saturated rings. The van der Waals surface area contributed by atoms with E-state index in [1.807, 2.05) is 0 Å². The molecule has 1 aromatic carbocycles. The lowest BCUT2D eigenvalue weighted by Gasteiger charge is -2.43. The predicted octanol–water partition coefficient (Wildman–Crippen LogP) is 1.86. The van der Waals surface area contributed by atoms with Crippen LogP contribution in [0.1, 0.15) is 31.7 Å². The van der Waals surface area contributed by atoms with Crippen LogP contribution in [0, 0.1) is 17.6 Å². The maximum absolute atomic E-state index is 14.5. The van der Waals surface area contributed by atoms with Crippen LogP contribution in [-0.2, 0) is 19.0 Å². The minimum atomic E-state index is -1.22. The Kier molecular flexibility index (Phi) is 8.33. The van der Waals surface area contributed by atoms with Crippen LogP contribution in [-0.4, -0.2) is 79.4 Å². The quantitative estimate of drug-likeness (QED) is 0.332. The predicted molar refractivity (Wildman–Crippen MR) is 117 cm³/mol. The minimum Gasteiger partial charge on any atom is -0.490 e. The van der Waals surface area contributed by atoms with Crippen LogP contribution < -0.4 is 10.1 Å². The number of benzene rings is 1. The van der Waals surface area contributed by atoms with Crippen molar-refractivity contribution in [2.75, 3.05) is 26.7 Å². The Morgan fingerprint density at radius 1 is 1.17 bits per heavy atom. The summed E-state index contributed by atoms with van der Waals surface area (Å²) in [7, 11) is 0.